The van der Waals surface area contributed by atoms with Gasteiger partial charge in [0.2, 0.25) is 0 Å². The van der Waals surface area contributed by atoms with Crippen LogP contribution in [0.15, 0.2) is 0 Å². The molecule has 1 radical (unpaired) electrons. The van der Waals surface area contributed by atoms with Gasteiger partial charge in [0.25, 0.3) is 0 Å². The summed E-state index contributed by atoms with van der Waals surface area (Å²) in [6.07, 6.45) is -0.0772. The topological polar surface area (TPSA) is 18.5 Å². The van der Waals surface area contributed by atoms with Gasteiger partial charge >= 0.3 is 16.0 Å². The van der Waals surface area contributed by atoms with E-state index < -0.39 is 0 Å². The fourth-order valence-corrected chi connectivity index (χ4v) is 0.913. The second-order valence-corrected chi connectivity index (χ2v) is 10.0. The normalized spacial score (nSPS) is 8.50. The Labute approximate surface area is 87.3 Å². The van der Waals surface area contributed by atoms with E-state index in [4.69, 9.17) is 9.47 Å². The fourth-order valence-electron chi connectivity index (χ4n) is 0.368. The monoisotopic (exact) mass is 301 g/mol. The summed E-state index contributed by atoms with van der Waals surface area (Å²) in [6.45, 7) is 0. The number of halogens is 2. The molecule has 0 saturated heterocycles. The lowest BCUT2D eigenvalue weighted by atomic mass is 10.7. The fraction of sp³-hybridized carbons (Fsp3) is 0.750. The third kappa shape index (κ3) is 12.5. The van der Waals surface area contributed by atoms with Crippen LogP contribution in [-0.4, -0.2) is 46.8 Å². The summed E-state index contributed by atoms with van der Waals surface area (Å²) < 4.78 is 9.61. The number of methoxy groups -OCH3 is 2. The Morgan fingerprint density at radius 2 is 1.70 bits per heavy atom. The van der Waals surface area contributed by atoms with Crippen molar-refractivity contribution in [3.63, 3.8) is 0 Å². The molecule has 2 nitrogen and oxygen atoms in total. The highest BCUT2D eigenvalue weighted by Crippen LogP contribution is 1.89. The molecule has 0 spiro atoms. The van der Waals surface area contributed by atoms with E-state index in [1.54, 1.807) is 14.2 Å². The van der Waals surface area contributed by atoms with Gasteiger partial charge in [-0.15, -0.1) is 0 Å². The first-order valence-corrected chi connectivity index (χ1v) is 11.7. The van der Waals surface area contributed by atoms with Crippen molar-refractivity contribution in [2.24, 2.45) is 0 Å². The van der Waals surface area contributed by atoms with Crippen LogP contribution in [0.5, 0.6) is 0 Å². The molecule has 10 heavy (non-hydrogen) atoms. The highest BCUT2D eigenvalue weighted by molar-refractivity contribution is 9.47. The molecule has 0 aromatic heterocycles. The van der Waals surface area contributed by atoms with E-state index in [9.17, 15) is 0 Å². The average molecular weight is 303 g/mol. The summed E-state index contributed by atoms with van der Waals surface area (Å²) in [7, 11) is 4.27. The first-order chi connectivity index (χ1) is 4.76. The molecule has 0 heterocycles. The number of hydrogen-bond donors (Lipinski definition) is 0. The Hall–Kier alpha value is 1.86. The van der Waals surface area contributed by atoms with Crippen LogP contribution in [0.3, 0.4) is 0 Å². The molecule has 0 amide bonds. The van der Waals surface area contributed by atoms with Gasteiger partial charge in [0.1, 0.15) is 0 Å². The first-order valence-electron chi connectivity index (χ1n) is 2.73. The van der Waals surface area contributed by atoms with Crippen LogP contribution in [0.2, 0.25) is 0 Å². The average Bonchev–Trinajstić information content (AvgIpc) is 1.93. The highest BCUT2D eigenvalue weighted by atomic mass is 79.9. The van der Waals surface area contributed by atoms with Gasteiger partial charge in [-0.05, 0) is 6.04 Å². The predicted octanol–water partition coefficient (Wildman–Crippen LogP) is 0.443. The van der Waals surface area contributed by atoms with Crippen molar-refractivity contribution >= 4 is 52.0 Å². The van der Waals surface area contributed by atoms with E-state index in [-0.39, 0.29) is 22.3 Å². The standard InChI is InChI=1S/C4H11O2Si.2BrH.Mg/c1-5-4(3-7)6-2;;;/h3-4H,1-2,7H3;2*1H;/q;;;+2/p-2. The molecule has 0 aliphatic carbocycles. The molecule has 0 aliphatic heterocycles. The maximum Gasteiger partial charge on any atom is 0.560 e. The molecule has 0 rings (SSSR count). The summed E-state index contributed by atoms with van der Waals surface area (Å²) in [5.41, 5.74) is 0. The molecular weight excluding hydrogens is 292 g/mol. The van der Waals surface area contributed by atoms with Crippen LogP contribution in [0, 0.1) is 6.04 Å². The Bertz CT molecular complexity index is 51.0. The second kappa shape index (κ2) is 13.5. The SMILES string of the molecule is COC([CH][SiH3])OC.[Br][Mg][Br]. The quantitative estimate of drug-likeness (QED) is 0.556. The molecule has 0 aromatic carbocycles. The van der Waals surface area contributed by atoms with Crippen LogP contribution in [0.25, 0.3) is 0 Å². The summed E-state index contributed by atoms with van der Waals surface area (Å²) in [5.74, 6) is 0. The Kier molecular flexibility index (Phi) is 19.4. The zero-order valence-corrected chi connectivity index (χ0v) is 13.0. The van der Waals surface area contributed by atoms with Crippen molar-refractivity contribution in [3.05, 3.63) is 6.04 Å². The molecule has 0 N–H and O–H groups in total. The highest BCUT2D eigenvalue weighted by Gasteiger charge is 1.96. The zero-order valence-electron chi connectivity index (χ0n) is 6.43. The van der Waals surface area contributed by atoms with Crippen molar-refractivity contribution < 1.29 is 9.47 Å². The molecule has 0 unspecified atom stereocenters. The third-order valence-corrected chi connectivity index (χ3v) is 1.28. The van der Waals surface area contributed by atoms with Gasteiger partial charge in [-0.1, -0.05) is 0 Å². The maximum absolute atomic E-state index is 4.81. The van der Waals surface area contributed by atoms with Crippen LogP contribution in [0.1, 0.15) is 0 Å². The van der Waals surface area contributed by atoms with Crippen molar-refractivity contribution in [2.75, 3.05) is 14.2 Å². The lowest BCUT2D eigenvalue weighted by molar-refractivity contribution is -0.0724. The van der Waals surface area contributed by atoms with Crippen LogP contribution in [0.4, 0.5) is 0 Å². The molecule has 0 aromatic rings. The van der Waals surface area contributed by atoms with Crippen LogP contribution in [-0.2, 0) is 9.47 Å². The molecule has 0 aliphatic rings. The van der Waals surface area contributed by atoms with Crippen molar-refractivity contribution in [3.8, 4) is 0 Å². The van der Waals surface area contributed by atoms with E-state index in [0.29, 0.717) is 0 Å². The maximum atomic E-state index is 4.81. The van der Waals surface area contributed by atoms with Gasteiger partial charge in [-0.2, -0.15) is 0 Å². The second-order valence-electron chi connectivity index (χ2n) is 1.27. The zero-order chi connectivity index (χ0) is 8.41. The molecule has 59 valence electrons. The minimum atomic E-state index is -0.0772. The predicted molar refractivity (Wildman–Crippen MR) is 55.7 cm³/mol. The van der Waals surface area contributed by atoms with E-state index in [1.165, 1.54) is 0 Å². The Balaban J connectivity index is 0. The van der Waals surface area contributed by atoms with Gasteiger partial charge in [0.15, 0.2) is 6.29 Å². The Morgan fingerprint density at radius 3 is 1.70 bits per heavy atom. The summed E-state index contributed by atoms with van der Waals surface area (Å²) >= 11 is 6.44. The van der Waals surface area contributed by atoms with Crippen molar-refractivity contribution in [1.29, 1.82) is 0 Å². The van der Waals surface area contributed by atoms with E-state index in [2.05, 4.69) is 25.8 Å². The van der Waals surface area contributed by atoms with Gasteiger partial charge in [0, 0.05) is 24.5 Å². The summed E-state index contributed by atoms with van der Waals surface area (Å²) in [5, 5.41) is 0. The minimum absolute atomic E-state index is 0.0417. The number of hydrogen-bond acceptors (Lipinski definition) is 2. The first kappa shape index (κ1) is 14.4. The van der Waals surface area contributed by atoms with Gasteiger partial charge in [-0.3, -0.25) is 25.8 Å². The van der Waals surface area contributed by atoms with Gasteiger partial charge in [-0.25, -0.2) is 0 Å². The van der Waals surface area contributed by atoms with Gasteiger partial charge < -0.3 is 9.47 Å². The third-order valence-electron chi connectivity index (χ3n) is 0.737. The minimum Gasteiger partial charge on any atom is -0.356 e. The van der Waals surface area contributed by atoms with Crippen molar-refractivity contribution in [1.82, 2.24) is 0 Å². The molecule has 6 heteroatoms. The van der Waals surface area contributed by atoms with E-state index >= 15 is 0 Å². The molecule has 0 bridgehead atoms. The summed E-state index contributed by atoms with van der Waals surface area (Å²) in [4.78, 5) is 0. The number of rotatable bonds is 3. The summed E-state index contributed by atoms with van der Waals surface area (Å²) in [6, 6.07) is 1.97. The lowest BCUT2D eigenvalue weighted by Crippen LogP contribution is -2.12. The van der Waals surface area contributed by atoms with Gasteiger partial charge in [0.05, 0.1) is 0 Å². The van der Waals surface area contributed by atoms with Crippen molar-refractivity contribution in [2.45, 2.75) is 6.29 Å². The number of ether oxygens (including phenoxy) is 2. The molecule has 0 fully saturated rings. The van der Waals surface area contributed by atoms with E-state index in [0.717, 1.165) is 10.2 Å². The largest absolute Gasteiger partial charge is 0.560 e. The smallest absolute Gasteiger partial charge is 0.356 e. The molecule has 0 saturated carbocycles. The Morgan fingerprint density at radius 1 is 1.40 bits per heavy atom. The van der Waals surface area contributed by atoms with Crippen LogP contribution < -0.4 is 0 Å². The molecular formula is C4H11Br2MgO2Si. The van der Waals surface area contributed by atoms with E-state index in [1.807, 2.05) is 6.04 Å². The lowest BCUT2D eigenvalue weighted by Gasteiger charge is -2.07. The van der Waals surface area contributed by atoms with Crippen LogP contribution >= 0.6 is 25.8 Å². The molecule has 0 atom stereocenters.